The number of oxazole rings is 1. The van der Waals surface area contributed by atoms with Crippen molar-refractivity contribution in [3.8, 4) is 0 Å². The van der Waals surface area contributed by atoms with Crippen LogP contribution in [0, 0.1) is 6.92 Å². The van der Waals surface area contributed by atoms with Gasteiger partial charge in [-0.2, -0.15) is 0 Å². The van der Waals surface area contributed by atoms with Crippen LogP contribution in [0.4, 0.5) is 4.79 Å². The van der Waals surface area contributed by atoms with Gasteiger partial charge in [0.2, 0.25) is 0 Å². The number of nitrogens with zero attached hydrogens (tertiary/aromatic N) is 1. The average Bonchev–Trinajstić information content (AvgIpc) is 2.63. The minimum absolute atomic E-state index is 0.177. The minimum atomic E-state index is -0.239. The van der Waals surface area contributed by atoms with Gasteiger partial charge in [0.05, 0.1) is 0 Å². The number of urea groups is 1. The maximum Gasteiger partial charge on any atom is 0.315 e. The van der Waals surface area contributed by atoms with Crippen LogP contribution in [-0.2, 0) is 6.54 Å². The fourth-order valence-electron chi connectivity index (χ4n) is 1.77. The molecule has 0 spiro atoms. The lowest BCUT2D eigenvalue weighted by Gasteiger charge is -2.20. The SMILES string of the molecule is Cc1nc2cc(CNC(=O)NC(C)(C)C)ccc2o1. The van der Waals surface area contributed by atoms with E-state index in [9.17, 15) is 4.79 Å². The number of benzene rings is 1. The molecule has 0 unspecified atom stereocenters. The van der Waals surface area contributed by atoms with Crippen molar-refractivity contribution in [2.75, 3.05) is 0 Å². The number of hydrogen-bond acceptors (Lipinski definition) is 3. The van der Waals surface area contributed by atoms with Crippen LogP contribution in [0.15, 0.2) is 22.6 Å². The van der Waals surface area contributed by atoms with E-state index in [-0.39, 0.29) is 11.6 Å². The molecule has 1 aromatic heterocycles. The van der Waals surface area contributed by atoms with Gasteiger partial charge in [-0.3, -0.25) is 0 Å². The van der Waals surface area contributed by atoms with E-state index in [2.05, 4.69) is 15.6 Å². The van der Waals surface area contributed by atoms with E-state index in [1.807, 2.05) is 45.9 Å². The molecular formula is C14H19N3O2. The fraction of sp³-hybridized carbons (Fsp3) is 0.429. The number of nitrogens with one attached hydrogen (secondary N) is 2. The van der Waals surface area contributed by atoms with Crippen molar-refractivity contribution in [1.29, 1.82) is 0 Å². The number of amides is 2. The van der Waals surface area contributed by atoms with Gasteiger partial charge in [0.15, 0.2) is 11.5 Å². The average molecular weight is 261 g/mol. The highest BCUT2D eigenvalue weighted by Gasteiger charge is 2.13. The summed E-state index contributed by atoms with van der Waals surface area (Å²) in [5.74, 6) is 0.644. The van der Waals surface area contributed by atoms with Crippen molar-refractivity contribution < 1.29 is 9.21 Å². The molecule has 0 aliphatic rings. The number of hydrogen-bond donors (Lipinski definition) is 2. The molecule has 5 heteroatoms. The first-order chi connectivity index (χ1) is 8.83. The highest BCUT2D eigenvalue weighted by atomic mass is 16.3. The standard InChI is InChI=1S/C14H19N3O2/c1-9-16-11-7-10(5-6-12(11)19-9)8-15-13(18)17-14(2,3)4/h5-7H,8H2,1-4H3,(H2,15,17,18). The maximum atomic E-state index is 11.6. The molecule has 2 N–H and O–H groups in total. The van der Waals surface area contributed by atoms with Gasteiger partial charge in [0.1, 0.15) is 5.52 Å². The van der Waals surface area contributed by atoms with E-state index >= 15 is 0 Å². The minimum Gasteiger partial charge on any atom is -0.441 e. The van der Waals surface area contributed by atoms with Gasteiger partial charge in [-0.25, -0.2) is 9.78 Å². The van der Waals surface area contributed by atoms with Crippen LogP contribution in [0.3, 0.4) is 0 Å². The lowest BCUT2D eigenvalue weighted by molar-refractivity contribution is 0.231. The summed E-state index contributed by atoms with van der Waals surface area (Å²) in [5, 5.41) is 5.67. The largest absolute Gasteiger partial charge is 0.441 e. The van der Waals surface area contributed by atoms with Crippen molar-refractivity contribution >= 4 is 17.1 Å². The molecule has 5 nitrogen and oxygen atoms in total. The number of carbonyl (C=O) groups excluding carboxylic acids is 1. The molecule has 0 saturated carbocycles. The normalized spacial score (nSPS) is 11.6. The molecule has 0 aliphatic heterocycles. The third-order valence-electron chi connectivity index (χ3n) is 2.50. The molecule has 19 heavy (non-hydrogen) atoms. The summed E-state index contributed by atoms with van der Waals surface area (Å²) >= 11 is 0. The van der Waals surface area contributed by atoms with Gasteiger partial charge in [0, 0.05) is 19.0 Å². The summed E-state index contributed by atoms with van der Waals surface area (Å²) in [7, 11) is 0. The van der Waals surface area contributed by atoms with E-state index in [4.69, 9.17) is 4.42 Å². The fourth-order valence-corrected chi connectivity index (χ4v) is 1.77. The Hall–Kier alpha value is -2.04. The molecule has 102 valence electrons. The van der Waals surface area contributed by atoms with E-state index in [1.165, 1.54) is 0 Å². The smallest absolute Gasteiger partial charge is 0.315 e. The molecule has 2 amide bonds. The molecule has 0 bridgehead atoms. The topological polar surface area (TPSA) is 67.2 Å². The third kappa shape index (κ3) is 3.71. The van der Waals surface area contributed by atoms with Crippen molar-refractivity contribution in [3.63, 3.8) is 0 Å². The predicted octanol–water partition coefficient (Wildman–Crippen LogP) is 2.73. The zero-order chi connectivity index (χ0) is 14.0. The second-order valence-electron chi connectivity index (χ2n) is 5.59. The van der Waals surface area contributed by atoms with Crippen molar-refractivity contribution in [2.24, 2.45) is 0 Å². The number of aryl methyl sites for hydroxylation is 1. The Labute approximate surface area is 112 Å². The second-order valence-corrected chi connectivity index (χ2v) is 5.59. The molecule has 2 aromatic rings. The second kappa shape index (κ2) is 4.91. The number of aromatic nitrogens is 1. The van der Waals surface area contributed by atoms with Crippen LogP contribution < -0.4 is 10.6 Å². The van der Waals surface area contributed by atoms with Gasteiger partial charge < -0.3 is 15.1 Å². The summed E-state index contributed by atoms with van der Waals surface area (Å²) in [5.41, 5.74) is 2.33. The van der Waals surface area contributed by atoms with Crippen LogP contribution in [0.2, 0.25) is 0 Å². The van der Waals surface area contributed by atoms with Gasteiger partial charge in [0.25, 0.3) is 0 Å². The first-order valence-electron chi connectivity index (χ1n) is 6.25. The Morgan fingerprint density at radius 2 is 2.11 bits per heavy atom. The van der Waals surface area contributed by atoms with Gasteiger partial charge >= 0.3 is 6.03 Å². The molecule has 2 rings (SSSR count). The monoisotopic (exact) mass is 261 g/mol. The summed E-state index contributed by atoms with van der Waals surface area (Å²) in [4.78, 5) is 15.9. The highest BCUT2D eigenvalue weighted by molar-refractivity contribution is 5.76. The van der Waals surface area contributed by atoms with Crippen molar-refractivity contribution in [1.82, 2.24) is 15.6 Å². The number of fused-ring (bicyclic) bond motifs is 1. The van der Waals surface area contributed by atoms with E-state index in [0.717, 1.165) is 16.7 Å². The van der Waals surface area contributed by atoms with Gasteiger partial charge in [-0.15, -0.1) is 0 Å². The third-order valence-corrected chi connectivity index (χ3v) is 2.50. The molecule has 0 fully saturated rings. The van der Waals surface area contributed by atoms with Gasteiger partial charge in [-0.05, 0) is 38.5 Å². The first-order valence-corrected chi connectivity index (χ1v) is 6.25. The molecule has 1 heterocycles. The molecule has 0 atom stereocenters. The van der Waals surface area contributed by atoms with E-state index in [1.54, 1.807) is 0 Å². The number of carbonyl (C=O) groups is 1. The molecular weight excluding hydrogens is 242 g/mol. The van der Waals surface area contributed by atoms with Crippen LogP contribution in [0.1, 0.15) is 32.2 Å². The van der Waals surface area contributed by atoms with Crippen molar-refractivity contribution in [3.05, 3.63) is 29.7 Å². The van der Waals surface area contributed by atoms with E-state index in [0.29, 0.717) is 12.4 Å². The Morgan fingerprint density at radius 1 is 1.37 bits per heavy atom. The summed E-state index contributed by atoms with van der Waals surface area (Å²) in [6.07, 6.45) is 0. The Morgan fingerprint density at radius 3 is 2.79 bits per heavy atom. The van der Waals surface area contributed by atoms with E-state index < -0.39 is 0 Å². The van der Waals surface area contributed by atoms with Crippen molar-refractivity contribution in [2.45, 2.75) is 39.8 Å². The summed E-state index contributed by atoms with van der Waals surface area (Å²) < 4.78 is 5.40. The lowest BCUT2D eigenvalue weighted by Crippen LogP contribution is -2.46. The first kappa shape index (κ1) is 13.4. The predicted molar refractivity (Wildman–Crippen MR) is 73.9 cm³/mol. The van der Waals surface area contributed by atoms with Crippen LogP contribution in [-0.4, -0.2) is 16.6 Å². The molecule has 1 aromatic carbocycles. The van der Waals surface area contributed by atoms with Crippen LogP contribution in [0.25, 0.3) is 11.1 Å². The van der Waals surface area contributed by atoms with Gasteiger partial charge in [-0.1, -0.05) is 6.07 Å². The Kier molecular flexibility index (Phi) is 3.46. The lowest BCUT2D eigenvalue weighted by atomic mass is 10.1. The quantitative estimate of drug-likeness (QED) is 0.873. The Balaban J connectivity index is 1.99. The molecule has 0 aliphatic carbocycles. The number of rotatable bonds is 2. The summed E-state index contributed by atoms with van der Waals surface area (Å²) in [6.45, 7) is 8.10. The Bertz CT molecular complexity index is 596. The molecule has 0 saturated heterocycles. The maximum absolute atomic E-state index is 11.6. The highest BCUT2D eigenvalue weighted by Crippen LogP contribution is 2.16. The van der Waals surface area contributed by atoms with Crippen LogP contribution >= 0.6 is 0 Å². The zero-order valence-electron chi connectivity index (χ0n) is 11.7. The zero-order valence-corrected chi connectivity index (χ0v) is 11.7. The van der Waals surface area contributed by atoms with Crippen LogP contribution in [0.5, 0.6) is 0 Å². The molecule has 0 radical (unpaired) electrons. The summed E-state index contributed by atoms with van der Waals surface area (Å²) in [6, 6.07) is 5.53.